The monoisotopic (exact) mass is 420 g/mol. The van der Waals surface area contributed by atoms with Gasteiger partial charge in [-0.3, -0.25) is 0 Å². The summed E-state index contributed by atoms with van der Waals surface area (Å²) in [5, 5.41) is 5.94. The summed E-state index contributed by atoms with van der Waals surface area (Å²) in [6, 6.07) is 15.9. The fraction of sp³-hybridized carbons (Fsp3) is 0.154. The number of aromatic amines is 2. The molecule has 0 spiro atoms. The molecule has 7 rings (SSSR count). The maximum Gasteiger partial charge on any atom is 0.104 e. The Balaban J connectivity index is 1.44. The van der Waals surface area contributed by atoms with Crippen LogP contribution in [0.2, 0.25) is 0 Å². The lowest BCUT2D eigenvalue weighted by molar-refractivity contribution is 0.905. The van der Waals surface area contributed by atoms with Crippen molar-refractivity contribution < 1.29 is 0 Å². The summed E-state index contributed by atoms with van der Waals surface area (Å²) in [6.45, 7) is 4.06. The normalized spacial score (nSPS) is 13.2. The van der Waals surface area contributed by atoms with Gasteiger partial charge in [0.05, 0.1) is 16.7 Å². The Morgan fingerprint density at radius 1 is 0.806 bits per heavy atom. The van der Waals surface area contributed by atoms with Crippen LogP contribution in [-0.2, 0) is 12.8 Å². The first-order valence-electron chi connectivity index (χ1n) is 10.6. The molecule has 0 atom stereocenters. The highest BCUT2D eigenvalue weighted by molar-refractivity contribution is 7.18. The number of aromatic nitrogens is 4. The molecule has 31 heavy (non-hydrogen) atoms. The van der Waals surface area contributed by atoms with Gasteiger partial charge in [0.15, 0.2) is 0 Å². The van der Waals surface area contributed by atoms with Crippen LogP contribution in [0, 0.1) is 13.8 Å². The summed E-state index contributed by atoms with van der Waals surface area (Å²) >= 11 is 1.80. The largest absolute Gasteiger partial charge is 0.346 e. The Bertz CT molecular complexity index is 1660. The fourth-order valence-corrected chi connectivity index (χ4v) is 6.06. The van der Waals surface area contributed by atoms with Crippen molar-refractivity contribution in [3.05, 3.63) is 70.8 Å². The van der Waals surface area contributed by atoms with Gasteiger partial charge in [0.2, 0.25) is 0 Å². The topological polar surface area (TPSA) is 57.4 Å². The third kappa shape index (κ3) is 2.41. The Labute approximate surface area is 183 Å². The lowest BCUT2D eigenvalue weighted by Gasteiger charge is -2.17. The van der Waals surface area contributed by atoms with Gasteiger partial charge in [-0.25, -0.2) is 9.97 Å². The van der Waals surface area contributed by atoms with Gasteiger partial charge in [0.25, 0.3) is 0 Å². The summed E-state index contributed by atoms with van der Waals surface area (Å²) in [6.07, 6.45) is 2.08. The van der Waals surface area contributed by atoms with Crippen LogP contribution >= 0.6 is 11.3 Å². The van der Waals surface area contributed by atoms with Crippen molar-refractivity contribution in [3.8, 4) is 22.4 Å². The van der Waals surface area contributed by atoms with Gasteiger partial charge in [0.1, 0.15) is 11.6 Å². The number of H-pyrrole nitrogens is 2. The van der Waals surface area contributed by atoms with Crippen LogP contribution in [-0.4, -0.2) is 19.9 Å². The van der Waals surface area contributed by atoms with Crippen LogP contribution in [0.15, 0.2) is 47.8 Å². The minimum atomic E-state index is 0.960. The standard InChI is InChI=1S/C26H20N4S/c1-13-27-22-8-5-17-11-15(3-6-18(17)23(22)28-13)16-4-7-19-21(12-16)26-20(9-10-31-26)25-24(19)29-14(2)30-25/h3-4,6-7,9-12H,5,8H2,1-2H3,(H,27,28)(H,29,30). The molecule has 0 aliphatic heterocycles. The van der Waals surface area contributed by atoms with Crippen molar-refractivity contribution in [1.82, 2.24) is 19.9 Å². The molecule has 3 aromatic carbocycles. The average Bonchev–Trinajstić information content (AvgIpc) is 3.49. The summed E-state index contributed by atoms with van der Waals surface area (Å²) < 4.78 is 1.31. The minimum absolute atomic E-state index is 0.960. The van der Waals surface area contributed by atoms with Crippen molar-refractivity contribution in [3.63, 3.8) is 0 Å². The van der Waals surface area contributed by atoms with E-state index in [0.717, 1.165) is 41.2 Å². The number of hydrogen-bond donors (Lipinski definition) is 2. The van der Waals surface area contributed by atoms with Crippen LogP contribution in [0.3, 0.4) is 0 Å². The molecular weight excluding hydrogens is 400 g/mol. The molecule has 2 N–H and O–H groups in total. The van der Waals surface area contributed by atoms with Crippen LogP contribution in [0.25, 0.3) is 54.3 Å². The average molecular weight is 421 g/mol. The number of nitrogens with one attached hydrogen (secondary N) is 2. The molecule has 0 radical (unpaired) electrons. The molecule has 6 aromatic rings. The number of aryl methyl sites for hydroxylation is 4. The van der Waals surface area contributed by atoms with Gasteiger partial charge >= 0.3 is 0 Å². The Morgan fingerprint density at radius 3 is 2.58 bits per heavy atom. The second kappa shape index (κ2) is 6.05. The molecule has 3 aromatic heterocycles. The SMILES string of the molecule is Cc1nc2c([nH]1)CCc1cc(-c3ccc4c(c3)c3sccc3c3nc(C)[nH]c43)ccc1-2. The third-order valence-corrected chi connectivity index (χ3v) is 7.46. The maximum absolute atomic E-state index is 4.76. The molecular formula is C26H20N4S. The summed E-state index contributed by atoms with van der Waals surface area (Å²) in [4.78, 5) is 16.4. The van der Waals surface area contributed by atoms with E-state index in [1.54, 1.807) is 11.3 Å². The highest BCUT2D eigenvalue weighted by Crippen LogP contribution is 2.40. The molecule has 1 aliphatic rings. The first kappa shape index (κ1) is 17.3. The Kier molecular flexibility index (Phi) is 3.37. The molecule has 150 valence electrons. The lowest BCUT2D eigenvalue weighted by atomic mass is 9.89. The predicted molar refractivity (Wildman–Crippen MR) is 129 cm³/mol. The maximum atomic E-state index is 4.76. The first-order chi connectivity index (χ1) is 15.2. The van der Waals surface area contributed by atoms with Crippen LogP contribution in [0.4, 0.5) is 0 Å². The van der Waals surface area contributed by atoms with Crippen molar-refractivity contribution in [2.45, 2.75) is 26.7 Å². The zero-order valence-corrected chi connectivity index (χ0v) is 18.2. The zero-order valence-electron chi connectivity index (χ0n) is 17.3. The van der Waals surface area contributed by atoms with Gasteiger partial charge in [-0.05, 0) is 60.9 Å². The van der Waals surface area contributed by atoms with Gasteiger partial charge in [-0.15, -0.1) is 11.3 Å². The number of thiophene rings is 1. The van der Waals surface area contributed by atoms with Gasteiger partial charge in [-0.1, -0.05) is 30.3 Å². The van der Waals surface area contributed by atoms with Gasteiger partial charge < -0.3 is 9.97 Å². The van der Waals surface area contributed by atoms with E-state index >= 15 is 0 Å². The van der Waals surface area contributed by atoms with E-state index in [4.69, 9.17) is 9.97 Å². The number of hydrogen-bond acceptors (Lipinski definition) is 3. The van der Waals surface area contributed by atoms with E-state index in [0.29, 0.717) is 0 Å². The number of imidazole rings is 2. The molecule has 3 heterocycles. The predicted octanol–water partition coefficient (Wildman–Crippen LogP) is 6.70. The highest BCUT2D eigenvalue weighted by atomic mass is 32.1. The second-order valence-corrected chi connectivity index (χ2v) is 9.41. The molecule has 4 nitrogen and oxygen atoms in total. The van der Waals surface area contributed by atoms with E-state index in [-0.39, 0.29) is 0 Å². The molecule has 0 amide bonds. The number of rotatable bonds is 1. The van der Waals surface area contributed by atoms with Crippen molar-refractivity contribution >= 4 is 43.2 Å². The third-order valence-electron chi connectivity index (χ3n) is 6.51. The van der Waals surface area contributed by atoms with E-state index < -0.39 is 0 Å². The molecule has 0 saturated carbocycles. The zero-order chi connectivity index (χ0) is 20.7. The molecule has 0 bridgehead atoms. The second-order valence-electron chi connectivity index (χ2n) is 8.49. The van der Waals surface area contributed by atoms with E-state index in [2.05, 4.69) is 57.8 Å². The molecule has 0 saturated heterocycles. The molecule has 5 heteroatoms. The number of nitrogens with zero attached hydrogens (tertiary/aromatic N) is 2. The Morgan fingerprint density at radius 2 is 1.65 bits per heavy atom. The van der Waals surface area contributed by atoms with E-state index in [1.165, 1.54) is 48.8 Å². The minimum Gasteiger partial charge on any atom is -0.346 e. The first-order valence-corrected chi connectivity index (χ1v) is 11.5. The number of benzene rings is 3. The van der Waals surface area contributed by atoms with Gasteiger partial charge in [-0.2, -0.15) is 0 Å². The molecule has 0 fully saturated rings. The smallest absolute Gasteiger partial charge is 0.104 e. The molecule has 0 unspecified atom stereocenters. The van der Waals surface area contributed by atoms with Crippen LogP contribution < -0.4 is 0 Å². The van der Waals surface area contributed by atoms with E-state index in [9.17, 15) is 0 Å². The van der Waals surface area contributed by atoms with Crippen molar-refractivity contribution in [2.24, 2.45) is 0 Å². The highest BCUT2D eigenvalue weighted by Gasteiger charge is 2.20. The summed E-state index contributed by atoms with van der Waals surface area (Å²) in [5.41, 5.74) is 9.78. The Hall–Kier alpha value is -3.44. The van der Waals surface area contributed by atoms with Crippen LogP contribution in [0.5, 0.6) is 0 Å². The summed E-state index contributed by atoms with van der Waals surface area (Å²) in [7, 11) is 0. The van der Waals surface area contributed by atoms with Crippen molar-refractivity contribution in [1.29, 1.82) is 0 Å². The molecule has 1 aliphatic carbocycles. The van der Waals surface area contributed by atoms with E-state index in [1.807, 2.05) is 13.8 Å². The lowest BCUT2D eigenvalue weighted by Crippen LogP contribution is -2.03. The van der Waals surface area contributed by atoms with Crippen molar-refractivity contribution in [2.75, 3.05) is 0 Å². The quantitative estimate of drug-likeness (QED) is 0.311. The van der Waals surface area contributed by atoms with Gasteiger partial charge in [0, 0.05) is 32.1 Å². The van der Waals surface area contributed by atoms with Crippen LogP contribution in [0.1, 0.15) is 22.9 Å². The fourth-order valence-electron chi connectivity index (χ4n) is 5.13. The number of fused-ring (bicyclic) bond motifs is 9. The summed E-state index contributed by atoms with van der Waals surface area (Å²) in [5.74, 6) is 1.96.